The van der Waals surface area contributed by atoms with E-state index in [1.807, 2.05) is 12.3 Å². The molecule has 94 valence electrons. The van der Waals surface area contributed by atoms with Gasteiger partial charge in [0, 0.05) is 31.1 Å². The summed E-state index contributed by atoms with van der Waals surface area (Å²) in [5.74, 6) is 1.08. The monoisotopic (exact) mass is 244 g/mol. The predicted molar refractivity (Wildman–Crippen MR) is 69.8 cm³/mol. The van der Waals surface area contributed by atoms with Gasteiger partial charge in [-0.05, 0) is 18.1 Å². The highest BCUT2D eigenvalue weighted by atomic mass is 16.5. The van der Waals surface area contributed by atoms with Crippen LogP contribution < -0.4 is 5.73 Å². The first-order chi connectivity index (χ1) is 8.74. The molecule has 0 bridgehead atoms. The number of ether oxygens (including phenoxy) is 1. The van der Waals surface area contributed by atoms with E-state index in [1.165, 1.54) is 0 Å². The average Bonchev–Trinajstić information content (AvgIpc) is 2.38. The lowest BCUT2D eigenvalue weighted by molar-refractivity contribution is 0.181. The van der Waals surface area contributed by atoms with Crippen molar-refractivity contribution >= 4 is 5.82 Å². The van der Waals surface area contributed by atoms with Crippen molar-refractivity contribution in [1.82, 2.24) is 15.0 Å². The molecule has 5 heteroatoms. The molecule has 0 saturated carbocycles. The van der Waals surface area contributed by atoms with Gasteiger partial charge in [0.2, 0.25) is 0 Å². The molecule has 0 aliphatic rings. The minimum atomic E-state index is 0.423. The van der Waals surface area contributed by atoms with Crippen molar-refractivity contribution in [2.45, 2.75) is 20.0 Å². The fraction of sp³-hybridized carbons (Fsp3) is 0.308. The Hall–Kier alpha value is -2.01. The summed E-state index contributed by atoms with van der Waals surface area (Å²) >= 11 is 0. The van der Waals surface area contributed by atoms with Crippen LogP contribution in [0.3, 0.4) is 0 Å². The fourth-order valence-electron chi connectivity index (χ4n) is 1.79. The molecule has 2 aromatic rings. The standard InChI is InChI=1S/C13H16N4O/c1-3-9-7-15-5-4-11(9)13-16-10(8-18-2)6-12(14)17-13/h4-7H,3,8H2,1-2H3,(H2,14,16,17). The van der Waals surface area contributed by atoms with Gasteiger partial charge >= 0.3 is 0 Å². The number of hydrogen-bond donors (Lipinski definition) is 1. The lowest BCUT2D eigenvalue weighted by atomic mass is 10.1. The van der Waals surface area contributed by atoms with Crippen LogP contribution >= 0.6 is 0 Å². The van der Waals surface area contributed by atoms with Gasteiger partial charge < -0.3 is 10.5 Å². The van der Waals surface area contributed by atoms with Gasteiger partial charge in [-0.2, -0.15) is 0 Å². The van der Waals surface area contributed by atoms with Crippen molar-refractivity contribution in [3.63, 3.8) is 0 Å². The molecule has 2 N–H and O–H groups in total. The molecule has 0 aromatic carbocycles. The summed E-state index contributed by atoms with van der Waals surface area (Å²) in [5, 5.41) is 0. The molecular formula is C13H16N4O. The van der Waals surface area contributed by atoms with Gasteiger partial charge in [-0.1, -0.05) is 6.92 Å². The van der Waals surface area contributed by atoms with Gasteiger partial charge in [-0.3, -0.25) is 4.98 Å². The third kappa shape index (κ3) is 2.62. The van der Waals surface area contributed by atoms with E-state index in [9.17, 15) is 0 Å². The lowest BCUT2D eigenvalue weighted by Crippen LogP contribution is -2.02. The Balaban J connectivity index is 2.49. The molecular weight excluding hydrogens is 228 g/mol. The first kappa shape index (κ1) is 12.4. The van der Waals surface area contributed by atoms with Gasteiger partial charge in [0.15, 0.2) is 5.82 Å². The van der Waals surface area contributed by atoms with Gasteiger partial charge in [0.1, 0.15) is 5.82 Å². The summed E-state index contributed by atoms with van der Waals surface area (Å²) in [4.78, 5) is 12.8. The number of rotatable bonds is 4. The molecule has 0 aliphatic heterocycles. The minimum Gasteiger partial charge on any atom is -0.384 e. The van der Waals surface area contributed by atoms with E-state index in [1.54, 1.807) is 19.4 Å². The van der Waals surface area contributed by atoms with Crippen LogP contribution in [0.25, 0.3) is 11.4 Å². The molecule has 18 heavy (non-hydrogen) atoms. The normalized spacial score (nSPS) is 10.6. The van der Waals surface area contributed by atoms with Crippen molar-refractivity contribution in [3.05, 3.63) is 35.8 Å². The number of pyridine rings is 1. The Morgan fingerprint density at radius 1 is 1.33 bits per heavy atom. The van der Waals surface area contributed by atoms with Crippen molar-refractivity contribution in [1.29, 1.82) is 0 Å². The summed E-state index contributed by atoms with van der Waals surface area (Å²) < 4.78 is 5.07. The van der Waals surface area contributed by atoms with E-state index in [0.29, 0.717) is 18.2 Å². The maximum Gasteiger partial charge on any atom is 0.162 e. The minimum absolute atomic E-state index is 0.423. The maximum atomic E-state index is 5.80. The average molecular weight is 244 g/mol. The number of nitrogens with two attached hydrogens (primary N) is 1. The van der Waals surface area contributed by atoms with E-state index in [2.05, 4.69) is 21.9 Å². The summed E-state index contributed by atoms with van der Waals surface area (Å²) in [6.45, 7) is 2.50. The van der Waals surface area contributed by atoms with Crippen molar-refractivity contribution in [3.8, 4) is 11.4 Å². The van der Waals surface area contributed by atoms with Gasteiger partial charge in [-0.25, -0.2) is 9.97 Å². The number of methoxy groups -OCH3 is 1. The second-order valence-corrected chi connectivity index (χ2v) is 3.93. The van der Waals surface area contributed by atoms with Crippen LogP contribution in [-0.4, -0.2) is 22.1 Å². The van der Waals surface area contributed by atoms with Crippen LogP contribution in [0.2, 0.25) is 0 Å². The van der Waals surface area contributed by atoms with Crippen LogP contribution in [0, 0.1) is 0 Å². The largest absolute Gasteiger partial charge is 0.384 e. The Bertz CT molecular complexity index is 542. The molecule has 0 spiro atoms. The Morgan fingerprint density at radius 3 is 2.89 bits per heavy atom. The van der Waals surface area contributed by atoms with E-state index in [4.69, 9.17) is 10.5 Å². The van der Waals surface area contributed by atoms with Gasteiger partial charge in [0.25, 0.3) is 0 Å². The molecule has 2 heterocycles. The molecule has 0 fully saturated rings. The Labute approximate surface area is 106 Å². The molecule has 0 saturated heterocycles. The Kier molecular flexibility index (Phi) is 3.84. The van der Waals surface area contributed by atoms with Gasteiger partial charge in [0.05, 0.1) is 12.3 Å². The maximum absolute atomic E-state index is 5.80. The van der Waals surface area contributed by atoms with Crippen LogP contribution in [0.5, 0.6) is 0 Å². The van der Waals surface area contributed by atoms with Crippen LogP contribution in [0.15, 0.2) is 24.5 Å². The van der Waals surface area contributed by atoms with Crippen molar-refractivity contribution in [2.24, 2.45) is 0 Å². The van der Waals surface area contributed by atoms with Gasteiger partial charge in [-0.15, -0.1) is 0 Å². The molecule has 0 aliphatic carbocycles. The molecule has 0 radical (unpaired) electrons. The van der Waals surface area contributed by atoms with E-state index in [-0.39, 0.29) is 0 Å². The summed E-state index contributed by atoms with van der Waals surface area (Å²) in [7, 11) is 1.63. The first-order valence-corrected chi connectivity index (χ1v) is 5.80. The van der Waals surface area contributed by atoms with E-state index < -0.39 is 0 Å². The number of anilines is 1. The van der Waals surface area contributed by atoms with Crippen molar-refractivity contribution < 1.29 is 4.74 Å². The zero-order valence-corrected chi connectivity index (χ0v) is 10.6. The SMILES string of the molecule is CCc1cnccc1-c1nc(N)cc(COC)n1. The van der Waals surface area contributed by atoms with Crippen molar-refractivity contribution in [2.75, 3.05) is 12.8 Å². The smallest absolute Gasteiger partial charge is 0.162 e. The number of nitrogens with zero attached hydrogens (tertiary/aromatic N) is 3. The third-order valence-electron chi connectivity index (χ3n) is 2.62. The quantitative estimate of drug-likeness (QED) is 0.888. The zero-order chi connectivity index (χ0) is 13.0. The number of hydrogen-bond acceptors (Lipinski definition) is 5. The third-order valence-corrected chi connectivity index (χ3v) is 2.62. The Morgan fingerprint density at radius 2 is 2.17 bits per heavy atom. The molecule has 0 unspecified atom stereocenters. The number of aryl methyl sites for hydroxylation is 1. The summed E-state index contributed by atoms with van der Waals surface area (Å²) in [6.07, 6.45) is 4.44. The van der Waals surface area contributed by atoms with Crippen LogP contribution in [0.1, 0.15) is 18.2 Å². The topological polar surface area (TPSA) is 73.9 Å². The molecule has 5 nitrogen and oxygen atoms in total. The highest BCUT2D eigenvalue weighted by Crippen LogP contribution is 2.21. The molecule has 2 aromatic heterocycles. The predicted octanol–water partition coefficient (Wildman–Crippen LogP) is 1.83. The molecule has 0 amide bonds. The second kappa shape index (κ2) is 5.55. The van der Waals surface area contributed by atoms with Crippen LogP contribution in [-0.2, 0) is 17.8 Å². The second-order valence-electron chi connectivity index (χ2n) is 3.93. The highest BCUT2D eigenvalue weighted by Gasteiger charge is 2.09. The van der Waals surface area contributed by atoms with E-state index in [0.717, 1.165) is 23.2 Å². The highest BCUT2D eigenvalue weighted by molar-refractivity contribution is 5.60. The van der Waals surface area contributed by atoms with Crippen LogP contribution in [0.4, 0.5) is 5.82 Å². The van der Waals surface area contributed by atoms with E-state index >= 15 is 0 Å². The summed E-state index contributed by atoms with van der Waals surface area (Å²) in [5.41, 5.74) is 8.65. The summed E-state index contributed by atoms with van der Waals surface area (Å²) in [6, 6.07) is 3.63. The number of nitrogen functional groups attached to an aromatic ring is 1. The number of aromatic nitrogens is 3. The first-order valence-electron chi connectivity index (χ1n) is 5.80. The fourth-order valence-corrected chi connectivity index (χ4v) is 1.79. The lowest BCUT2D eigenvalue weighted by Gasteiger charge is -2.08. The zero-order valence-electron chi connectivity index (χ0n) is 10.6. The molecule has 0 atom stereocenters. The molecule has 2 rings (SSSR count).